The molecule has 2 atom stereocenters. The Morgan fingerprint density at radius 3 is 2.67 bits per heavy atom. The summed E-state index contributed by atoms with van der Waals surface area (Å²) in [7, 11) is 0. The quantitative estimate of drug-likeness (QED) is 0.748. The molecule has 1 saturated heterocycles. The molecular formula is C16H34N2. The van der Waals surface area contributed by atoms with Crippen LogP contribution in [0.25, 0.3) is 0 Å². The molecule has 0 amide bonds. The first-order valence-corrected chi connectivity index (χ1v) is 8.13. The molecule has 0 aromatic rings. The maximum absolute atomic E-state index is 3.70. The summed E-state index contributed by atoms with van der Waals surface area (Å²) >= 11 is 0. The first-order chi connectivity index (χ1) is 8.67. The van der Waals surface area contributed by atoms with Gasteiger partial charge >= 0.3 is 0 Å². The highest BCUT2D eigenvalue weighted by Crippen LogP contribution is 2.16. The lowest BCUT2D eigenvalue weighted by Crippen LogP contribution is -2.42. The molecule has 1 heterocycles. The smallest absolute Gasteiger partial charge is 0.0217 e. The van der Waals surface area contributed by atoms with Crippen LogP contribution in [0, 0.1) is 11.8 Å². The van der Waals surface area contributed by atoms with Crippen molar-refractivity contribution in [2.75, 3.05) is 26.2 Å². The molecule has 0 aliphatic carbocycles. The fourth-order valence-corrected chi connectivity index (χ4v) is 2.92. The number of unbranched alkanes of at least 4 members (excludes halogenated alkanes) is 1. The van der Waals surface area contributed by atoms with Gasteiger partial charge in [0.1, 0.15) is 0 Å². The van der Waals surface area contributed by atoms with Crippen LogP contribution in [0.1, 0.15) is 59.8 Å². The normalized spacial score (nSPS) is 24.2. The standard InChI is InChI=1S/C16H34N2/c1-5-7-9-15(6-2)12-18-11-8-10-17-16(13-18)14(3)4/h14-17H,5-13H2,1-4H3. The van der Waals surface area contributed by atoms with E-state index in [1.54, 1.807) is 0 Å². The van der Waals surface area contributed by atoms with E-state index in [9.17, 15) is 0 Å². The Bertz CT molecular complexity index is 203. The summed E-state index contributed by atoms with van der Waals surface area (Å²) in [6, 6.07) is 0.691. The molecule has 1 fully saturated rings. The molecule has 108 valence electrons. The SMILES string of the molecule is CCCCC(CC)CN1CCCNC(C(C)C)C1. The maximum Gasteiger partial charge on any atom is 0.0217 e. The van der Waals surface area contributed by atoms with Gasteiger partial charge in [0.2, 0.25) is 0 Å². The van der Waals surface area contributed by atoms with Crippen molar-refractivity contribution in [3.8, 4) is 0 Å². The first-order valence-electron chi connectivity index (χ1n) is 8.13. The van der Waals surface area contributed by atoms with Crippen LogP contribution in [0.15, 0.2) is 0 Å². The Kier molecular flexibility index (Phi) is 7.92. The van der Waals surface area contributed by atoms with Crippen LogP contribution in [-0.4, -0.2) is 37.1 Å². The molecular weight excluding hydrogens is 220 g/mol. The van der Waals surface area contributed by atoms with Gasteiger partial charge in [-0.1, -0.05) is 47.0 Å². The minimum Gasteiger partial charge on any atom is -0.312 e. The number of hydrogen-bond acceptors (Lipinski definition) is 2. The predicted molar refractivity (Wildman–Crippen MR) is 81.0 cm³/mol. The van der Waals surface area contributed by atoms with Crippen LogP contribution in [0.5, 0.6) is 0 Å². The Hall–Kier alpha value is -0.0800. The Morgan fingerprint density at radius 2 is 2.06 bits per heavy atom. The molecule has 2 heteroatoms. The lowest BCUT2D eigenvalue weighted by atomic mass is 9.98. The van der Waals surface area contributed by atoms with Gasteiger partial charge in [0, 0.05) is 19.1 Å². The van der Waals surface area contributed by atoms with Crippen molar-refractivity contribution in [2.24, 2.45) is 11.8 Å². The van der Waals surface area contributed by atoms with E-state index in [0.717, 1.165) is 11.8 Å². The zero-order valence-corrected chi connectivity index (χ0v) is 13.0. The van der Waals surface area contributed by atoms with Crippen molar-refractivity contribution in [3.63, 3.8) is 0 Å². The molecule has 0 saturated carbocycles. The summed E-state index contributed by atoms with van der Waals surface area (Å²) in [5.41, 5.74) is 0. The summed E-state index contributed by atoms with van der Waals surface area (Å²) in [6.07, 6.45) is 6.82. The van der Waals surface area contributed by atoms with E-state index in [4.69, 9.17) is 0 Å². The number of nitrogens with one attached hydrogen (secondary N) is 1. The van der Waals surface area contributed by atoms with Crippen molar-refractivity contribution in [1.29, 1.82) is 0 Å². The first kappa shape index (κ1) is 16.0. The molecule has 0 bridgehead atoms. The lowest BCUT2D eigenvalue weighted by molar-refractivity contribution is 0.202. The van der Waals surface area contributed by atoms with Crippen molar-refractivity contribution >= 4 is 0 Å². The lowest BCUT2D eigenvalue weighted by Gasteiger charge is -2.29. The predicted octanol–water partition coefficient (Wildman–Crippen LogP) is 3.52. The van der Waals surface area contributed by atoms with Gasteiger partial charge in [-0.05, 0) is 37.8 Å². The largest absolute Gasteiger partial charge is 0.312 e. The van der Waals surface area contributed by atoms with Gasteiger partial charge in [0.25, 0.3) is 0 Å². The highest BCUT2D eigenvalue weighted by atomic mass is 15.2. The van der Waals surface area contributed by atoms with E-state index < -0.39 is 0 Å². The summed E-state index contributed by atoms with van der Waals surface area (Å²) in [4.78, 5) is 2.72. The van der Waals surface area contributed by atoms with E-state index in [0.29, 0.717) is 6.04 Å². The summed E-state index contributed by atoms with van der Waals surface area (Å²) in [5, 5.41) is 3.70. The zero-order valence-electron chi connectivity index (χ0n) is 13.0. The third kappa shape index (κ3) is 5.71. The van der Waals surface area contributed by atoms with Crippen LogP contribution >= 0.6 is 0 Å². The van der Waals surface area contributed by atoms with Gasteiger partial charge in [0.15, 0.2) is 0 Å². The van der Waals surface area contributed by atoms with Crippen LogP contribution in [0.3, 0.4) is 0 Å². The Labute approximate surface area is 115 Å². The van der Waals surface area contributed by atoms with Gasteiger partial charge < -0.3 is 10.2 Å². The second kappa shape index (κ2) is 8.92. The molecule has 1 rings (SSSR count). The molecule has 18 heavy (non-hydrogen) atoms. The summed E-state index contributed by atoms with van der Waals surface area (Å²) in [5.74, 6) is 1.66. The highest BCUT2D eigenvalue weighted by Gasteiger charge is 2.21. The maximum atomic E-state index is 3.70. The van der Waals surface area contributed by atoms with Gasteiger partial charge in [-0.15, -0.1) is 0 Å². The number of rotatable bonds is 7. The summed E-state index contributed by atoms with van der Waals surface area (Å²) < 4.78 is 0. The number of hydrogen-bond donors (Lipinski definition) is 1. The third-order valence-corrected chi connectivity index (χ3v) is 4.38. The fourth-order valence-electron chi connectivity index (χ4n) is 2.92. The molecule has 2 unspecified atom stereocenters. The Balaban J connectivity index is 2.42. The van der Waals surface area contributed by atoms with E-state index >= 15 is 0 Å². The van der Waals surface area contributed by atoms with Crippen LogP contribution in [-0.2, 0) is 0 Å². The monoisotopic (exact) mass is 254 g/mol. The van der Waals surface area contributed by atoms with E-state index in [-0.39, 0.29) is 0 Å². The van der Waals surface area contributed by atoms with Crippen molar-refractivity contribution in [2.45, 2.75) is 65.8 Å². The van der Waals surface area contributed by atoms with Crippen molar-refractivity contribution < 1.29 is 0 Å². The molecule has 0 radical (unpaired) electrons. The zero-order chi connectivity index (χ0) is 13.4. The average Bonchev–Trinajstić information content (AvgIpc) is 2.60. The fraction of sp³-hybridized carbons (Fsp3) is 1.00. The topological polar surface area (TPSA) is 15.3 Å². The van der Waals surface area contributed by atoms with Crippen molar-refractivity contribution in [3.05, 3.63) is 0 Å². The molecule has 0 aromatic heterocycles. The van der Waals surface area contributed by atoms with Gasteiger partial charge in [-0.25, -0.2) is 0 Å². The van der Waals surface area contributed by atoms with Crippen LogP contribution in [0.2, 0.25) is 0 Å². The highest BCUT2D eigenvalue weighted by molar-refractivity contribution is 4.80. The van der Waals surface area contributed by atoms with Crippen molar-refractivity contribution in [1.82, 2.24) is 10.2 Å². The van der Waals surface area contributed by atoms with Crippen LogP contribution < -0.4 is 5.32 Å². The molecule has 0 spiro atoms. The minimum atomic E-state index is 0.691. The third-order valence-electron chi connectivity index (χ3n) is 4.38. The molecule has 1 aliphatic rings. The number of nitrogens with zero attached hydrogens (tertiary/aromatic N) is 1. The van der Waals surface area contributed by atoms with E-state index in [1.165, 1.54) is 58.3 Å². The van der Waals surface area contributed by atoms with Gasteiger partial charge in [-0.2, -0.15) is 0 Å². The van der Waals surface area contributed by atoms with Crippen LogP contribution in [0.4, 0.5) is 0 Å². The van der Waals surface area contributed by atoms with E-state index in [2.05, 4.69) is 37.9 Å². The second-order valence-electron chi connectivity index (χ2n) is 6.33. The van der Waals surface area contributed by atoms with Gasteiger partial charge in [-0.3, -0.25) is 0 Å². The molecule has 2 nitrogen and oxygen atoms in total. The second-order valence-corrected chi connectivity index (χ2v) is 6.33. The van der Waals surface area contributed by atoms with E-state index in [1.807, 2.05) is 0 Å². The molecule has 1 N–H and O–H groups in total. The summed E-state index contributed by atoms with van der Waals surface area (Å²) in [6.45, 7) is 14.4. The Morgan fingerprint density at radius 1 is 1.28 bits per heavy atom. The molecule has 0 aromatic carbocycles. The average molecular weight is 254 g/mol. The van der Waals surface area contributed by atoms with Gasteiger partial charge in [0.05, 0.1) is 0 Å². The molecule has 1 aliphatic heterocycles. The minimum absolute atomic E-state index is 0.691.